The number of rotatable bonds is 5. The van der Waals surface area contributed by atoms with Gasteiger partial charge in [-0.25, -0.2) is 0 Å². The van der Waals surface area contributed by atoms with Crippen LogP contribution in [0.15, 0.2) is 24.3 Å². The van der Waals surface area contributed by atoms with E-state index in [1.54, 1.807) is 0 Å². The smallest absolute Gasteiger partial charge is 0.191 e. The Labute approximate surface area is 89.4 Å². The summed E-state index contributed by atoms with van der Waals surface area (Å²) in [6.07, 6.45) is 2.46. The molecular formula is C12H20OSi. The first kappa shape index (κ1) is 11.5. The minimum Gasteiger partial charge on any atom is -0.422 e. The average Bonchev–Trinajstić information content (AvgIpc) is 2.23. The van der Waals surface area contributed by atoms with Gasteiger partial charge >= 0.3 is 0 Å². The second-order valence-electron chi connectivity index (χ2n) is 3.65. The van der Waals surface area contributed by atoms with Crippen molar-refractivity contribution >= 4 is 14.9 Å². The first-order chi connectivity index (χ1) is 6.83. The van der Waals surface area contributed by atoms with E-state index in [2.05, 4.69) is 38.1 Å². The molecule has 0 aliphatic carbocycles. The number of hydrogen-bond donors (Lipinski definition) is 0. The van der Waals surface area contributed by atoms with Gasteiger partial charge in [0, 0.05) is 7.11 Å². The van der Waals surface area contributed by atoms with Crippen molar-refractivity contribution in [2.24, 2.45) is 0 Å². The Morgan fingerprint density at radius 2 is 1.86 bits per heavy atom. The summed E-state index contributed by atoms with van der Waals surface area (Å²) >= 11 is 0. The van der Waals surface area contributed by atoms with Crippen LogP contribution in [0.25, 0.3) is 0 Å². The normalized spacial score (nSPS) is 11.7. The van der Waals surface area contributed by atoms with Gasteiger partial charge in [-0.15, -0.1) is 0 Å². The quantitative estimate of drug-likeness (QED) is 0.672. The Morgan fingerprint density at radius 3 is 2.43 bits per heavy atom. The van der Waals surface area contributed by atoms with Crippen LogP contribution in [0.5, 0.6) is 0 Å². The summed E-state index contributed by atoms with van der Waals surface area (Å²) in [6, 6.07) is 8.75. The Hall–Kier alpha value is -0.603. The zero-order valence-electron chi connectivity index (χ0n) is 9.42. The van der Waals surface area contributed by atoms with Crippen LogP contribution in [-0.4, -0.2) is 16.9 Å². The molecule has 0 bridgehead atoms. The molecule has 2 heteroatoms. The van der Waals surface area contributed by atoms with E-state index in [1.807, 2.05) is 7.11 Å². The minimum absolute atomic E-state index is 0.491. The molecule has 0 atom stereocenters. The van der Waals surface area contributed by atoms with Crippen LogP contribution in [0.2, 0.25) is 0 Å². The summed E-state index contributed by atoms with van der Waals surface area (Å²) in [6.45, 7) is 4.53. The van der Waals surface area contributed by atoms with Gasteiger partial charge in [0.25, 0.3) is 0 Å². The fourth-order valence-corrected chi connectivity index (χ4v) is 3.06. The molecule has 78 valence electrons. The highest BCUT2D eigenvalue weighted by atomic mass is 28.2. The van der Waals surface area contributed by atoms with E-state index in [-0.39, 0.29) is 0 Å². The Bertz CT molecular complexity index is 269. The van der Waals surface area contributed by atoms with Crippen molar-refractivity contribution in [3.05, 3.63) is 29.8 Å². The molecule has 0 fully saturated rings. The van der Waals surface area contributed by atoms with Crippen molar-refractivity contribution in [1.82, 2.24) is 0 Å². The van der Waals surface area contributed by atoms with Crippen LogP contribution in [0, 0.1) is 0 Å². The maximum atomic E-state index is 5.35. The van der Waals surface area contributed by atoms with E-state index in [1.165, 1.54) is 23.6 Å². The van der Waals surface area contributed by atoms with Gasteiger partial charge in [0.15, 0.2) is 9.76 Å². The summed E-state index contributed by atoms with van der Waals surface area (Å²) in [5.41, 5.74) is 1.52. The Kier molecular flexibility index (Phi) is 4.91. The van der Waals surface area contributed by atoms with Crippen molar-refractivity contribution in [2.75, 3.05) is 7.11 Å². The fourth-order valence-electron chi connectivity index (χ4n) is 1.95. The lowest BCUT2D eigenvalue weighted by molar-refractivity contribution is 0.450. The van der Waals surface area contributed by atoms with Crippen LogP contribution >= 0.6 is 0 Å². The van der Waals surface area contributed by atoms with Crippen LogP contribution in [-0.2, 0) is 4.43 Å². The van der Waals surface area contributed by atoms with Crippen LogP contribution in [0.1, 0.15) is 38.2 Å². The molecule has 1 nitrogen and oxygen atoms in total. The van der Waals surface area contributed by atoms with E-state index < -0.39 is 9.76 Å². The lowest BCUT2D eigenvalue weighted by atomic mass is 9.94. The zero-order chi connectivity index (χ0) is 10.4. The molecule has 0 amide bonds. The lowest BCUT2D eigenvalue weighted by Gasteiger charge is -2.16. The SMILES string of the molecule is CCC(CC)c1ccccc1[SiH2]OC. The molecule has 0 heterocycles. The molecule has 0 saturated heterocycles. The molecule has 0 unspecified atom stereocenters. The maximum absolute atomic E-state index is 5.35. The molecule has 14 heavy (non-hydrogen) atoms. The molecule has 1 aromatic rings. The second kappa shape index (κ2) is 5.99. The molecular weight excluding hydrogens is 188 g/mol. The number of benzene rings is 1. The van der Waals surface area contributed by atoms with E-state index in [0.717, 1.165) is 0 Å². The van der Waals surface area contributed by atoms with Crippen LogP contribution in [0.4, 0.5) is 0 Å². The highest BCUT2D eigenvalue weighted by Gasteiger charge is 2.10. The monoisotopic (exact) mass is 208 g/mol. The topological polar surface area (TPSA) is 9.23 Å². The minimum atomic E-state index is -0.491. The summed E-state index contributed by atoms with van der Waals surface area (Å²) in [5, 5.41) is 1.48. The fraction of sp³-hybridized carbons (Fsp3) is 0.500. The highest BCUT2D eigenvalue weighted by molar-refractivity contribution is 6.47. The third-order valence-electron chi connectivity index (χ3n) is 2.78. The lowest BCUT2D eigenvalue weighted by Crippen LogP contribution is -2.22. The zero-order valence-corrected chi connectivity index (χ0v) is 10.8. The third-order valence-corrected chi connectivity index (χ3v) is 4.02. The van der Waals surface area contributed by atoms with E-state index in [0.29, 0.717) is 5.92 Å². The van der Waals surface area contributed by atoms with E-state index in [9.17, 15) is 0 Å². The highest BCUT2D eigenvalue weighted by Crippen LogP contribution is 2.20. The molecule has 1 rings (SSSR count). The maximum Gasteiger partial charge on any atom is 0.191 e. The van der Waals surface area contributed by atoms with Crippen molar-refractivity contribution in [3.63, 3.8) is 0 Å². The van der Waals surface area contributed by atoms with Gasteiger partial charge in [0.05, 0.1) is 0 Å². The summed E-state index contributed by atoms with van der Waals surface area (Å²) in [7, 11) is 1.32. The van der Waals surface area contributed by atoms with Gasteiger partial charge in [-0.1, -0.05) is 38.1 Å². The standard InChI is InChI=1S/C12H20OSi/c1-4-10(5-2)11-8-6-7-9-12(11)14-13-3/h6-10H,4-5,14H2,1-3H3. The Morgan fingerprint density at radius 1 is 1.21 bits per heavy atom. The molecule has 0 aliphatic rings. The van der Waals surface area contributed by atoms with Crippen LogP contribution < -0.4 is 5.19 Å². The summed E-state index contributed by atoms with van der Waals surface area (Å²) < 4.78 is 5.35. The van der Waals surface area contributed by atoms with Crippen molar-refractivity contribution < 1.29 is 4.43 Å². The molecule has 0 saturated carbocycles. The van der Waals surface area contributed by atoms with Gasteiger partial charge in [-0.3, -0.25) is 0 Å². The van der Waals surface area contributed by atoms with Gasteiger partial charge in [-0.05, 0) is 29.5 Å². The average molecular weight is 208 g/mol. The van der Waals surface area contributed by atoms with Gasteiger partial charge < -0.3 is 4.43 Å². The van der Waals surface area contributed by atoms with Crippen molar-refractivity contribution in [3.8, 4) is 0 Å². The van der Waals surface area contributed by atoms with Crippen molar-refractivity contribution in [2.45, 2.75) is 32.6 Å². The Balaban J connectivity index is 2.92. The molecule has 0 N–H and O–H groups in total. The predicted octanol–water partition coefficient (Wildman–Crippen LogP) is 1.95. The van der Waals surface area contributed by atoms with Gasteiger partial charge in [0.1, 0.15) is 0 Å². The van der Waals surface area contributed by atoms with Gasteiger partial charge in [-0.2, -0.15) is 0 Å². The first-order valence-electron chi connectivity index (χ1n) is 5.40. The molecule has 1 aromatic carbocycles. The van der Waals surface area contributed by atoms with Crippen molar-refractivity contribution in [1.29, 1.82) is 0 Å². The molecule has 0 aromatic heterocycles. The second-order valence-corrected chi connectivity index (χ2v) is 5.27. The van der Waals surface area contributed by atoms with Gasteiger partial charge in [0.2, 0.25) is 0 Å². The van der Waals surface area contributed by atoms with E-state index in [4.69, 9.17) is 4.43 Å². The molecule has 0 radical (unpaired) electrons. The third kappa shape index (κ3) is 2.69. The van der Waals surface area contributed by atoms with E-state index >= 15 is 0 Å². The molecule has 0 aliphatic heterocycles. The number of hydrogen-bond acceptors (Lipinski definition) is 1. The predicted molar refractivity (Wildman–Crippen MR) is 65.0 cm³/mol. The largest absolute Gasteiger partial charge is 0.422 e. The first-order valence-corrected chi connectivity index (χ1v) is 6.68. The summed E-state index contributed by atoms with van der Waals surface area (Å²) in [5.74, 6) is 0.717. The van der Waals surface area contributed by atoms with Crippen LogP contribution in [0.3, 0.4) is 0 Å². The molecule has 0 spiro atoms. The summed E-state index contributed by atoms with van der Waals surface area (Å²) in [4.78, 5) is 0.